The van der Waals surface area contributed by atoms with Gasteiger partial charge in [-0.25, -0.2) is 0 Å². The third-order valence-electron chi connectivity index (χ3n) is 1.95. The standard InChI is InChI=1S/C9H21NO3S/c1-4-7-14(8-5-2,9-6-3)13-10(11)12/h4-9H2,1-3H3. The predicted molar refractivity (Wildman–Crippen MR) is 61.1 cm³/mol. The summed E-state index contributed by atoms with van der Waals surface area (Å²) in [7, 11) is -1.45. The number of rotatable bonds is 8. The fraction of sp³-hybridized carbons (Fsp3) is 1.00. The molecule has 0 amide bonds. The molecule has 0 atom stereocenters. The van der Waals surface area contributed by atoms with Gasteiger partial charge >= 0.3 is 5.09 Å². The Bertz CT molecular complexity index is 158. The van der Waals surface area contributed by atoms with Crippen LogP contribution in [0.5, 0.6) is 0 Å². The van der Waals surface area contributed by atoms with Crippen molar-refractivity contribution in [3.63, 3.8) is 0 Å². The van der Waals surface area contributed by atoms with Gasteiger partial charge in [-0.15, -0.1) is 10.1 Å². The Morgan fingerprint density at radius 3 is 1.64 bits per heavy atom. The minimum absolute atomic E-state index is 0.601. The van der Waals surface area contributed by atoms with E-state index in [1.54, 1.807) is 0 Å². The van der Waals surface area contributed by atoms with Gasteiger partial charge in [0.05, 0.1) is 0 Å². The largest absolute Gasteiger partial charge is 0.304 e. The van der Waals surface area contributed by atoms with Crippen molar-refractivity contribution in [2.45, 2.75) is 40.0 Å². The molecule has 0 aliphatic rings. The average molecular weight is 223 g/mol. The number of hydrogen-bond acceptors (Lipinski definition) is 3. The molecule has 0 aromatic heterocycles. The second kappa shape index (κ2) is 6.92. The van der Waals surface area contributed by atoms with Crippen LogP contribution in [0.2, 0.25) is 0 Å². The molecule has 0 aliphatic carbocycles. The van der Waals surface area contributed by atoms with Crippen molar-refractivity contribution in [3.8, 4) is 0 Å². The van der Waals surface area contributed by atoms with Gasteiger partial charge < -0.3 is 0 Å². The first-order chi connectivity index (χ1) is 6.60. The van der Waals surface area contributed by atoms with E-state index >= 15 is 0 Å². The van der Waals surface area contributed by atoms with E-state index in [0.717, 1.165) is 36.5 Å². The van der Waals surface area contributed by atoms with E-state index in [2.05, 4.69) is 20.8 Å². The van der Waals surface area contributed by atoms with Gasteiger partial charge in [0.2, 0.25) is 0 Å². The van der Waals surface area contributed by atoms with Crippen LogP contribution >= 0.6 is 10.3 Å². The summed E-state index contributed by atoms with van der Waals surface area (Å²) in [5.41, 5.74) is 0. The molecule has 4 nitrogen and oxygen atoms in total. The van der Waals surface area contributed by atoms with Crippen LogP contribution in [0.15, 0.2) is 0 Å². The molecule has 14 heavy (non-hydrogen) atoms. The summed E-state index contributed by atoms with van der Waals surface area (Å²) in [6.07, 6.45) is 2.88. The molecule has 0 fully saturated rings. The molecule has 0 aromatic carbocycles. The molecule has 0 aromatic rings. The van der Waals surface area contributed by atoms with E-state index in [1.807, 2.05) is 0 Å². The molecule has 0 rings (SSSR count). The van der Waals surface area contributed by atoms with Gasteiger partial charge in [-0.1, -0.05) is 31.1 Å². The number of nitrogens with zero attached hydrogens (tertiary/aromatic N) is 1. The summed E-state index contributed by atoms with van der Waals surface area (Å²) in [5, 5.41) is 9.84. The SMILES string of the molecule is CCCS(CCC)(CCC)O[N+](=O)[O-]. The van der Waals surface area contributed by atoms with Gasteiger partial charge in [0.25, 0.3) is 0 Å². The van der Waals surface area contributed by atoms with Crippen LogP contribution in [-0.2, 0) is 4.28 Å². The molecular weight excluding hydrogens is 202 g/mol. The van der Waals surface area contributed by atoms with E-state index in [9.17, 15) is 10.1 Å². The van der Waals surface area contributed by atoms with Crippen molar-refractivity contribution < 1.29 is 9.37 Å². The Hall–Kier alpha value is -0.450. The van der Waals surface area contributed by atoms with Crippen LogP contribution in [0.3, 0.4) is 0 Å². The fourth-order valence-corrected chi connectivity index (χ4v) is 4.99. The van der Waals surface area contributed by atoms with Gasteiger partial charge in [-0.05, 0) is 36.5 Å². The van der Waals surface area contributed by atoms with E-state index in [0.29, 0.717) is 0 Å². The molecule has 0 saturated carbocycles. The molecule has 0 bridgehead atoms. The highest BCUT2D eigenvalue weighted by atomic mass is 32.3. The molecule has 0 aliphatic heterocycles. The first-order valence-corrected chi connectivity index (χ1v) is 7.27. The van der Waals surface area contributed by atoms with Gasteiger partial charge in [0, 0.05) is 0 Å². The van der Waals surface area contributed by atoms with E-state index < -0.39 is 15.4 Å². The summed E-state index contributed by atoms with van der Waals surface area (Å²) in [5.74, 6) is 2.57. The normalized spacial score (nSPS) is 12.5. The third kappa shape index (κ3) is 4.69. The number of hydrogen-bond donors (Lipinski definition) is 0. The molecule has 86 valence electrons. The molecule has 0 saturated heterocycles. The highest BCUT2D eigenvalue weighted by Crippen LogP contribution is 2.50. The zero-order chi connectivity index (χ0) is 11.0. The van der Waals surface area contributed by atoms with Crippen molar-refractivity contribution in [3.05, 3.63) is 10.1 Å². The maximum Gasteiger partial charge on any atom is 0.304 e. The van der Waals surface area contributed by atoms with Crippen molar-refractivity contribution in [1.29, 1.82) is 0 Å². The van der Waals surface area contributed by atoms with E-state index in [-0.39, 0.29) is 0 Å². The molecule has 0 unspecified atom stereocenters. The summed E-state index contributed by atoms with van der Waals surface area (Å²) in [6, 6.07) is 0. The first-order valence-electron chi connectivity index (χ1n) is 5.20. The smallest absolute Gasteiger partial charge is 0.263 e. The van der Waals surface area contributed by atoms with Crippen LogP contribution in [0.4, 0.5) is 0 Å². The summed E-state index contributed by atoms with van der Waals surface area (Å²) >= 11 is 0. The lowest BCUT2D eigenvalue weighted by molar-refractivity contribution is -0.710. The van der Waals surface area contributed by atoms with Crippen molar-refractivity contribution >= 4 is 10.3 Å². The first kappa shape index (κ1) is 13.5. The molecule has 0 heterocycles. The topological polar surface area (TPSA) is 52.4 Å². The van der Waals surface area contributed by atoms with Gasteiger partial charge in [-0.2, -0.15) is 0 Å². The Balaban J connectivity index is 4.45. The molecule has 0 spiro atoms. The minimum atomic E-state index is -1.45. The van der Waals surface area contributed by atoms with Gasteiger partial charge in [0.1, 0.15) is 0 Å². The summed E-state index contributed by atoms with van der Waals surface area (Å²) < 4.78 is 4.96. The molecule has 5 heteroatoms. The lowest BCUT2D eigenvalue weighted by Crippen LogP contribution is -2.19. The monoisotopic (exact) mass is 223 g/mol. The van der Waals surface area contributed by atoms with Gasteiger partial charge in [0.15, 0.2) is 0 Å². The average Bonchev–Trinajstić information content (AvgIpc) is 2.03. The minimum Gasteiger partial charge on any atom is -0.263 e. The lowest BCUT2D eigenvalue weighted by Gasteiger charge is -2.36. The highest BCUT2D eigenvalue weighted by Gasteiger charge is 2.25. The molecular formula is C9H21NO3S. The Morgan fingerprint density at radius 2 is 1.43 bits per heavy atom. The van der Waals surface area contributed by atoms with Crippen molar-refractivity contribution in [2.75, 3.05) is 17.3 Å². The second-order valence-corrected chi connectivity index (χ2v) is 6.68. The maximum atomic E-state index is 10.4. The van der Waals surface area contributed by atoms with Crippen LogP contribution in [0.1, 0.15) is 40.0 Å². The molecule has 0 N–H and O–H groups in total. The zero-order valence-electron chi connectivity index (χ0n) is 9.32. The van der Waals surface area contributed by atoms with Crippen LogP contribution in [0, 0.1) is 10.1 Å². The zero-order valence-corrected chi connectivity index (χ0v) is 10.1. The molecule has 0 radical (unpaired) electrons. The van der Waals surface area contributed by atoms with Crippen LogP contribution < -0.4 is 0 Å². The highest BCUT2D eigenvalue weighted by molar-refractivity contribution is 8.29. The summed E-state index contributed by atoms with van der Waals surface area (Å²) in [6.45, 7) is 6.16. The van der Waals surface area contributed by atoms with Crippen molar-refractivity contribution in [1.82, 2.24) is 0 Å². The Labute approximate surface area is 87.6 Å². The Morgan fingerprint density at radius 1 is 1.07 bits per heavy atom. The van der Waals surface area contributed by atoms with E-state index in [1.165, 1.54) is 0 Å². The fourth-order valence-electron chi connectivity index (χ4n) is 1.66. The lowest BCUT2D eigenvalue weighted by atomic mass is 10.6. The maximum absolute atomic E-state index is 10.4. The van der Waals surface area contributed by atoms with Crippen LogP contribution in [-0.4, -0.2) is 22.3 Å². The second-order valence-electron chi connectivity index (χ2n) is 3.38. The Kier molecular flexibility index (Phi) is 6.70. The van der Waals surface area contributed by atoms with Crippen LogP contribution in [0.25, 0.3) is 0 Å². The van der Waals surface area contributed by atoms with Crippen molar-refractivity contribution in [2.24, 2.45) is 0 Å². The summed E-state index contributed by atoms with van der Waals surface area (Å²) in [4.78, 5) is 10.4. The quantitative estimate of drug-likeness (QED) is 0.469. The van der Waals surface area contributed by atoms with Gasteiger partial charge in [-0.3, -0.25) is 4.28 Å². The van der Waals surface area contributed by atoms with E-state index in [4.69, 9.17) is 4.28 Å². The predicted octanol–water partition coefficient (Wildman–Crippen LogP) is 3.14. The third-order valence-corrected chi connectivity index (χ3v) is 5.84.